The Morgan fingerprint density at radius 1 is 1.20 bits per heavy atom. The summed E-state index contributed by atoms with van der Waals surface area (Å²) in [5.74, 6) is 0.723. The molecule has 1 aromatic carbocycles. The summed E-state index contributed by atoms with van der Waals surface area (Å²) in [6.45, 7) is 4.13. The zero-order chi connectivity index (χ0) is 13.8. The molecule has 1 aliphatic heterocycles. The van der Waals surface area contributed by atoms with Crippen molar-refractivity contribution in [2.45, 2.75) is 44.7 Å². The van der Waals surface area contributed by atoms with Gasteiger partial charge in [0, 0.05) is 32.2 Å². The van der Waals surface area contributed by atoms with E-state index < -0.39 is 0 Å². The molecule has 2 nitrogen and oxygen atoms in total. The van der Waals surface area contributed by atoms with E-state index in [1.54, 1.807) is 6.07 Å². The average Bonchev–Trinajstić information content (AvgIpc) is 2.48. The lowest BCUT2D eigenvalue weighted by Gasteiger charge is -2.39. The molecule has 1 unspecified atom stereocenters. The first-order chi connectivity index (χ1) is 9.81. The van der Waals surface area contributed by atoms with Gasteiger partial charge in [0.1, 0.15) is 5.82 Å². The molecule has 1 aromatic rings. The van der Waals surface area contributed by atoms with Gasteiger partial charge in [0.25, 0.3) is 0 Å². The van der Waals surface area contributed by atoms with Crippen LogP contribution in [-0.2, 0) is 6.54 Å². The second-order valence-electron chi connectivity index (χ2n) is 6.32. The van der Waals surface area contributed by atoms with Gasteiger partial charge in [-0.15, -0.1) is 0 Å². The summed E-state index contributed by atoms with van der Waals surface area (Å²) in [5, 5.41) is 3.70. The lowest BCUT2D eigenvalue weighted by atomic mass is 9.83. The fourth-order valence-corrected chi connectivity index (χ4v) is 3.73. The van der Waals surface area contributed by atoms with Gasteiger partial charge < -0.3 is 5.32 Å². The fourth-order valence-electron chi connectivity index (χ4n) is 3.73. The Morgan fingerprint density at radius 2 is 2.05 bits per heavy atom. The largest absolute Gasteiger partial charge is 0.311 e. The highest BCUT2D eigenvalue weighted by molar-refractivity contribution is 5.16. The molecule has 20 heavy (non-hydrogen) atoms. The molecule has 0 aromatic heterocycles. The van der Waals surface area contributed by atoms with Crippen molar-refractivity contribution in [3.05, 3.63) is 35.6 Å². The van der Waals surface area contributed by atoms with E-state index in [4.69, 9.17) is 0 Å². The minimum Gasteiger partial charge on any atom is -0.311 e. The second kappa shape index (κ2) is 6.68. The number of nitrogens with one attached hydrogen (secondary N) is 1. The third-order valence-corrected chi connectivity index (χ3v) is 4.80. The number of piperazine rings is 1. The molecule has 3 rings (SSSR count). The first kappa shape index (κ1) is 14.0. The van der Waals surface area contributed by atoms with Crippen LogP contribution in [0.5, 0.6) is 0 Å². The Hall–Kier alpha value is -0.930. The van der Waals surface area contributed by atoms with Crippen molar-refractivity contribution in [3.8, 4) is 0 Å². The van der Waals surface area contributed by atoms with Crippen LogP contribution in [0, 0.1) is 11.7 Å². The Kier molecular flexibility index (Phi) is 4.69. The van der Waals surface area contributed by atoms with Gasteiger partial charge >= 0.3 is 0 Å². The second-order valence-corrected chi connectivity index (χ2v) is 6.32. The maximum Gasteiger partial charge on any atom is 0.123 e. The summed E-state index contributed by atoms with van der Waals surface area (Å²) in [6.07, 6.45) is 6.96. The SMILES string of the molecule is Fc1cccc(CN2CCNC(C3CCCCC3)C2)c1. The summed E-state index contributed by atoms with van der Waals surface area (Å²) >= 11 is 0. The predicted octanol–water partition coefficient (Wildman–Crippen LogP) is 3.18. The first-order valence-electron chi connectivity index (χ1n) is 8.01. The number of hydrogen-bond donors (Lipinski definition) is 1. The van der Waals surface area contributed by atoms with Crippen LogP contribution in [0.25, 0.3) is 0 Å². The molecule has 0 radical (unpaired) electrons. The maximum atomic E-state index is 13.3. The van der Waals surface area contributed by atoms with E-state index in [1.165, 1.54) is 38.2 Å². The van der Waals surface area contributed by atoms with Gasteiger partial charge in [-0.1, -0.05) is 31.4 Å². The van der Waals surface area contributed by atoms with Crippen LogP contribution in [0.1, 0.15) is 37.7 Å². The van der Waals surface area contributed by atoms with Crippen molar-refractivity contribution in [2.75, 3.05) is 19.6 Å². The molecule has 0 amide bonds. The quantitative estimate of drug-likeness (QED) is 0.912. The molecule has 1 N–H and O–H groups in total. The topological polar surface area (TPSA) is 15.3 Å². The number of halogens is 1. The van der Waals surface area contributed by atoms with Gasteiger partial charge in [-0.3, -0.25) is 4.90 Å². The highest BCUT2D eigenvalue weighted by atomic mass is 19.1. The van der Waals surface area contributed by atoms with Gasteiger partial charge in [-0.25, -0.2) is 4.39 Å². The van der Waals surface area contributed by atoms with Crippen LogP contribution in [0.3, 0.4) is 0 Å². The molecule has 110 valence electrons. The maximum absolute atomic E-state index is 13.3. The van der Waals surface area contributed by atoms with Crippen molar-refractivity contribution in [3.63, 3.8) is 0 Å². The number of benzene rings is 1. The van der Waals surface area contributed by atoms with E-state index >= 15 is 0 Å². The van der Waals surface area contributed by atoms with E-state index in [9.17, 15) is 4.39 Å². The number of nitrogens with zero attached hydrogens (tertiary/aromatic N) is 1. The van der Waals surface area contributed by atoms with E-state index in [-0.39, 0.29) is 5.82 Å². The van der Waals surface area contributed by atoms with Gasteiger partial charge in [0.2, 0.25) is 0 Å². The lowest BCUT2D eigenvalue weighted by molar-refractivity contribution is 0.141. The standard InChI is InChI=1S/C17H25FN2/c18-16-8-4-5-14(11-16)12-20-10-9-19-17(13-20)15-6-2-1-3-7-15/h4-5,8,11,15,17,19H,1-3,6-7,9-10,12-13H2. The molecular weight excluding hydrogens is 251 g/mol. The predicted molar refractivity (Wildman–Crippen MR) is 80.0 cm³/mol. The minimum absolute atomic E-state index is 0.124. The molecular formula is C17H25FN2. The molecule has 1 atom stereocenters. The van der Waals surface area contributed by atoms with Crippen LogP contribution >= 0.6 is 0 Å². The molecule has 2 aliphatic rings. The van der Waals surface area contributed by atoms with Crippen LogP contribution in [0.15, 0.2) is 24.3 Å². The summed E-state index contributed by atoms with van der Waals surface area (Å²) in [6, 6.07) is 7.66. The molecule has 0 bridgehead atoms. The minimum atomic E-state index is -0.124. The summed E-state index contributed by atoms with van der Waals surface area (Å²) in [7, 11) is 0. The van der Waals surface area contributed by atoms with Gasteiger partial charge in [-0.05, 0) is 36.5 Å². The zero-order valence-corrected chi connectivity index (χ0v) is 12.2. The first-order valence-corrected chi connectivity index (χ1v) is 8.01. The third-order valence-electron chi connectivity index (χ3n) is 4.80. The Labute approximate surface area is 121 Å². The molecule has 2 fully saturated rings. The number of rotatable bonds is 3. The number of hydrogen-bond acceptors (Lipinski definition) is 2. The van der Waals surface area contributed by atoms with Gasteiger partial charge in [-0.2, -0.15) is 0 Å². The van der Waals surface area contributed by atoms with Gasteiger partial charge in [0.05, 0.1) is 0 Å². The fraction of sp³-hybridized carbons (Fsp3) is 0.647. The molecule has 1 aliphatic carbocycles. The molecule has 1 saturated heterocycles. The smallest absolute Gasteiger partial charge is 0.123 e. The lowest BCUT2D eigenvalue weighted by Crippen LogP contribution is -2.53. The Morgan fingerprint density at radius 3 is 2.85 bits per heavy atom. The van der Waals surface area contributed by atoms with Crippen LogP contribution < -0.4 is 5.32 Å². The van der Waals surface area contributed by atoms with Crippen molar-refractivity contribution < 1.29 is 4.39 Å². The average molecular weight is 276 g/mol. The van der Waals surface area contributed by atoms with E-state index in [0.717, 1.165) is 37.7 Å². The van der Waals surface area contributed by atoms with Crippen LogP contribution in [0.4, 0.5) is 4.39 Å². The molecule has 0 spiro atoms. The highest BCUT2D eigenvalue weighted by Crippen LogP contribution is 2.28. The third kappa shape index (κ3) is 3.58. The monoisotopic (exact) mass is 276 g/mol. The summed E-state index contributed by atoms with van der Waals surface area (Å²) < 4.78 is 13.3. The molecule has 1 heterocycles. The normalized spacial score (nSPS) is 25.8. The van der Waals surface area contributed by atoms with Crippen molar-refractivity contribution in [1.29, 1.82) is 0 Å². The van der Waals surface area contributed by atoms with Crippen molar-refractivity contribution in [1.82, 2.24) is 10.2 Å². The highest BCUT2D eigenvalue weighted by Gasteiger charge is 2.27. The summed E-state index contributed by atoms with van der Waals surface area (Å²) in [4.78, 5) is 2.48. The van der Waals surface area contributed by atoms with Crippen molar-refractivity contribution >= 4 is 0 Å². The zero-order valence-electron chi connectivity index (χ0n) is 12.2. The van der Waals surface area contributed by atoms with E-state index in [1.807, 2.05) is 12.1 Å². The Bertz CT molecular complexity index is 429. The van der Waals surface area contributed by atoms with Gasteiger partial charge in [0.15, 0.2) is 0 Å². The molecule has 1 saturated carbocycles. The van der Waals surface area contributed by atoms with Crippen LogP contribution in [-0.4, -0.2) is 30.6 Å². The Balaban J connectivity index is 1.57. The van der Waals surface area contributed by atoms with Crippen molar-refractivity contribution in [2.24, 2.45) is 5.92 Å². The molecule has 3 heteroatoms. The van der Waals surface area contributed by atoms with Crippen LogP contribution in [0.2, 0.25) is 0 Å². The summed E-state index contributed by atoms with van der Waals surface area (Å²) in [5.41, 5.74) is 1.09. The van der Waals surface area contributed by atoms with E-state index in [2.05, 4.69) is 10.2 Å². The van der Waals surface area contributed by atoms with E-state index in [0.29, 0.717) is 6.04 Å².